The zero-order valence-electron chi connectivity index (χ0n) is 11.9. The van der Waals surface area contributed by atoms with Gasteiger partial charge >= 0.3 is 0 Å². The van der Waals surface area contributed by atoms with Crippen molar-refractivity contribution in [1.82, 2.24) is 0 Å². The molecule has 0 fully saturated rings. The number of anilines is 1. The molecule has 1 N–H and O–H groups in total. The average molecular weight is 255 g/mol. The summed E-state index contributed by atoms with van der Waals surface area (Å²) in [6.07, 6.45) is 0. The second-order valence-corrected chi connectivity index (χ2v) is 4.87. The van der Waals surface area contributed by atoms with Crippen molar-refractivity contribution in [3.63, 3.8) is 0 Å². The summed E-state index contributed by atoms with van der Waals surface area (Å²) < 4.78 is 5.86. The summed E-state index contributed by atoms with van der Waals surface area (Å²) in [7, 11) is 0. The summed E-state index contributed by atoms with van der Waals surface area (Å²) in [6, 6.07) is 14.6. The molecular formula is C17H21NO. The molecule has 2 nitrogen and oxygen atoms in total. The molecule has 0 amide bonds. The average Bonchev–Trinajstić information content (AvgIpc) is 2.37. The number of nitrogens with one attached hydrogen (secondary N) is 1. The standard InChI is InChI=1S/C17H21NO/c1-13-6-4-9-16(12-13)18-10-11-19-17-14(2)7-5-8-15(17)3/h4-9,12,18H,10-11H2,1-3H3. The SMILES string of the molecule is Cc1cccc(NCCOc2c(C)cccc2C)c1. The van der Waals surface area contributed by atoms with Crippen LogP contribution in [0.4, 0.5) is 5.69 Å². The van der Waals surface area contributed by atoms with E-state index in [-0.39, 0.29) is 0 Å². The topological polar surface area (TPSA) is 21.3 Å². The number of hydrogen-bond donors (Lipinski definition) is 1. The van der Waals surface area contributed by atoms with Crippen LogP contribution >= 0.6 is 0 Å². The molecule has 0 saturated carbocycles. The van der Waals surface area contributed by atoms with Crippen molar-refractivity contribution in [2.45, 2.75) is 20.8 Å². The molecule has 0 aliphatic heterocycles. The molecule has 0 aliphatic rings. The zero-order chi connectivity index (χ0) is 13.7. The highest BCUT2D eigenvalue weighted by molar-refractivity contribution is 5.45. The van der Waals surface area contributed by atoms with Crippen LogP contribution in [0.25, 0.3) is 0 Å². The van der Waals surface area contributed by atoms with Crippen LogP contribution in [0.5, 0.6) is 5.75 Å². The Balaban J connectivity index is 1.84. The second-order valence-electron chi connectivity index (χ2n) is 4.87. The predicted molar refractivity (Wildman–Crippen MR) is 81.1 cm³/mol. The van der Waals surface area contributed by atoms with E-state index in [9.17, 15) is 0 Å². The summed E-state index contributed by atoms with van der Waals surface area (Å²) in [5.41, 5.74) is 4.79. The first-order valence-corrected chi connectivity index (χ1v) is 6.66. The lowest BCUT2D eigenvalue weighted by Gasteiger charge is -2.13. The molecule has 0 aliphatic carbocycles. The number of benzene rings is 2. The van der Waals surface area contributed by atoms with E-state index in [1.807, 2.05) is 0 Å². The molecule has 0 radical (unpaired) electrons. The number of ether oxygens (including phenoxy) is 1. The molecule has 19 heavy (non-hydrogen) atoms. The van der Waals surface area contributed by atoms with Crippen LogP contribution in [-0.4, -0.2) is 13.2 Å². The summed E-state index contributed by atoms with van der Waals surface area (Å²) >= 11 is 0. The Morgan fingerprint density at radius 3 is 2.32 bits per heavy atom. The van der Waals surface area contributed by atoms with E-state index in [1.54, 1.807) is 0 Å². The zero-order valence-corrected chi connectivity index (χ0v) is 11.9. The van der Waals surface area contributed by atoms with Gasteiger partial charge in [0.05, 0.1) is 0 Å². The van der Waals surface area contributed by atoms with E-state index in [0.29, 0.717) is 6.61 Å². The monoisotopic (exact) mass is 255 g/mol. The van der Waals surface area contributed by atoms with E-state index in [4.69, 9.17) is 4.74 Å². The lowest BCUT2D eigenvalue weighted by Crippen LogP contribution is -2.12. The largest absolute Gasteiger partial charge is 0.491 e. The molecule has 2 aromatic carbocycles. The normalized spacial score (nSPS) is 10.3. The first-order valence-electron chi connectivity index (χ1n) is 6.66. The van der Waals surface area contributed by atoms with E-state index < -0.39 is 0 Å². The van der Waals surface area contributed by atoms with Gasteiger partial charge < -0.3 is 10.1 Å². The van der Waals surface area contributed by atoms with E-state index >= 15 is 0 Å². The van der Waals surface area contributed by atoms with Gasteiger partial charge in [-0.3, -0.25) is 0 Å². The van der Waals surface area contributed by atoms with Crippen molar-refractivity contribution in [2.24, 2.45) is 0 Å². The Kier molecular flexibility index (Phi) is 4.45. The molecule has 0 unspecified atom stereocenters. The fourth-order valence-corrected chi connectivity index (χ4v) is 2.13. The Labute approximate surface area is 115 Å². The Hall–Kier alpha value is -1.96. The highest BCUT2D eigenvalue weighted by Gasteiger charge is 2.02. The van der Waals surface area contributed by atoms with Crippen molar-refractivity contribution < 1.29 is 4.74 Å². The molecular weight excluding hydrogens is 234 g/mol. The predicted octanol–water partition coefficient (Wildman–Crippen LogP) is 4.10. The third kappa shape index (κ3) is 3.75. The van der Waals surface area contributed by atoms with Crippen LogP contribution in [0.3, 0.4) is 0 Å². The van der Waals surface area contributed by atoms with Gasteiger partial charge in [0.15, 0.2) is 0 Å². The van der Waals surface area contributed by atoms with Gasteiger partial charge in [-0.1, -0.05) is 30.3 Å². The van der Waals surface area contributed by atoms with Crippen LogP contribution in [-0.2, 0) is 0 Å². The molecule has 0 bridgehead atoms. The van der Waals surface area contributed by atoms with Crippen molar-refractivity contribution >= 4 is 5.69 Å². The summed E-state index contributed by atoms with van der Waals surface area (Å²) in [4.78, 5) is 0. The van der Waals surface area contributed by atoms with Crippen LogP contribution in [0.2, 0.25) is 0 Å². The quantitative estimate of drug-likeness (QED) is 0.812. The maximum atomic E-state index is 5.86. The third-order valence-corrected chi connectivity index (χ3v) is 3.10. The van der Waals surface area contributed by atoms with Gasteiger partial charge in [0, 0.05) is 12.2 Å². The molecule has 2 aromatic rings. The van der Waals surface area contributed by atoms with Gasteiger partial charge in [-0.2, -0.15) is 0 Å². The Bertz CT molecular complexity index is 528. The Morgan fingerprint density at radius 2 is 1.63 bits per heavy atom. The summed E-state index contributed by atoms with van der Waals surface area (Å²) in [5, 5.41) is 3.37. The summed E-state index contributed by atoms with van der Waals surface area (Å²) in [6.45, 7) is 7.72. The van der Waals surface area contributed by atoms with Crippen molar-refractivity contribution in [3.8, 4) is 5.75 Å². The van der Waals surface area contributed by atoms with E-state index in [2.05, 4.69) is 68.6 Å². The second kappa shape index (κ2) is 6.28. The lowest BCUT2D eigenvalue weighted by atomic mass is 10.1. The lowest BCUT2D eigenvalue weighted by molar-refractivity contribution is 0.328. The molecule has 0 spiro atoms. The fourth-order valence-electron chi connectivity index (χ4n) is 2.13. The van der Waals surface area contributed by atoms with Crippen LogP contribution in [0.1, 0.15) is 16.7 Å². The van der Waals surface area contributed by atoms with Crippen LogP contribution < -0.4 is 10.1 Å². The maximum absolute atomic E-state index is 5.86. The first-order chi connectivity index (χ1) is 9.16. The number of para-hydroxylation sites is 1. The van der Waals surface area contributed by atoms with Gasteiger partial charge in [0.1, 0.15) is 12.4 Å². The fraction of sp³-hybridized carbons (Fsp3) is 0.294. The molecule has 0 saturated heterocycles. The third-order valence-electron chi connectivity index (χ3n) is 3.10. The van der Waals surface area contributed by atoms with Gasteiger partial charge in [-0.05, 0) is 49.6 Å². The van der Waals surface area contributed by atoms with E-state index in [0.717, 1.165) is 18.0 Å². The molecule has 2 rings (SSSR count). The van der Waals surface area contributed by atoms with Gasteiger partial charge in [-0.15, -0.1) is 0 Å². The first kappa shape index (κ1) is 13.5. The molecule has 0 atom stereocenters. The summed E-state index contributed by atoms with van der Waals surface area (Å²) in [5.74, 6) is 1.01. The van der Waals surface area contributed by atoms with Crippen LogP contribution in [0, 0.1) is 20.8 Å². The molecule has 100 valence electrons. The van der Waals surface area contributed by atoms with Gasteiger partial charge in [-0.25, -0.2) is 0 Å². The highest BCUT2D eigenvalue weighted by atomic mass is 16.5. The minimum absolute atomic E-state index is 0.666. The highest BCUT2D eigenvalue weighted by Crippen LogP contribution is 2.22. The minimum atomic E-state index is 0.666. The van der Waals surface area contributed by atoms with Crippen molar-refractivity contribution in [3.05, 3.63) is 59.2 Å². The number of hydrogen-bond acceptors (Lipinski definition) is 2. The molecule has 0 aromatic heterocycles. The number of rotatable bonds is 5. The molecule has 0 heterocycles. The number of aryl methyl sites for hydroxylation is 3. The maximum Gasteiger partial charge on any atom is 0.125 e. The molecule has 2 heteroatoms. The van der Waals surface area contributed by atoms with Gasteiger partial charge in [0.2, 0.25) is 0 Å². The van der Waals surface area contributed by atoms with Crippen molar-refractivity contribution in [1.29, 1.82) is 0 Å². The minimum Gasteiger partial charge on any atom is -0.491 e. The van der Waals surface area contributed by atoms with Crippen LogP contribution in [0.15, 0.2) is 42.5 Å². The van der Waals surface area contributed by atoms with Crippen molar-refractivity contribution in [2.75, 3.05) is 18.5 Å². The smallest absolute Gasteiger partial charge is 0.125 e. The van der Waals surface area contributed by atoms with E-state index in [1.165, 1.54) is 16.7 Å². The van der Waals surface area contributed by atoms with Gasteiger partial charge in [0.25, 0.3) is 0 Å². The Morgan fingerprint density at radius 1 is 0.947 bits per heavy atom.